The first-order valence-corrected chi connectivity index (χ1v) is 11.0. The van der Waals surface area contributed by atoms with Gasteiger partial charge in [0.05, 0.1) is 33.8 Å². The largest absolute Gasteiger partial charge is 0.452 e. The van der Waals surface area contributed by atoms with Crippen LogP contribution < -0.4 is 10.2 Å². The van der Waals surface area contributed by atoms with E-state index in [0.29, 0.717) is 34.3 Å². The van der Waals surface area contributed by atoms with Crippen molar-refractivity contribution >= 4 is 58.3 Å². The van der Waals surface area contributed by atoms with E-state index in [4.69, 9.17) is 27.9 Å². The highest BCUT2D eigenvalue weighted by atomic mass is 35.5. The molecule has 1 N–H and O–H groups in total. The number of hydrogen-bond acceptors (Lipinski definition) is 5. The third-order valence-electron chi connectivity index (χ3n) is 5.72. The average molecular weight is 475 g/mol. The van der Waals surface area contributed by atoms with Gasteiger partial charge in [-0.2, -0.15) is 0 Å². The molecule has 2 fully saturated rings. The van der Waals surface area contributed by atoms with Crippen molar-refractivity contribution in [1.82, 2.24) is 0 Å². The second-order valence-corrected chi connectivity index (χ2v) is 8.65. The van der Waals surface area contributed by atoms with Gasteiger partial charge in [0.1, 0.15) is 0 Å². The first-order valence-electron chi connectivity index (χ1n) is 10.2. The quantitative estimate of drug-likeness (QED) is 0.509. The number of ether oxygens (including phenoxy) is 1. The van der Waals surface area contributed by atoms with Crippen molar-refractivity contribution in [1.29, 1.82) is 0 Å². The number of halogens is 2. The van der Waals surface area contributed by atoms with Gasteiger partial charge in [0.15, 0.2) is 6.61 Å². The number of benzene rings is 2. The number of carbonyl (C=O) groups excluding carboxylic acids is 4. The fraction of sp³-hybridized carbons (Fsp3) is 0.304. The summed E-state index contributed by atoms with van der Waals surface area (Å²) < 4.78 is 5.08. The Morgan fingerprint density at radius 2 is 1.69 bits per heavy atom. The lowest BCUT2D eigenvalue weighted by molar-refractivity contribution is -0.122. The van der Waals surface area contributed by atoms with Crippen LogP contribution in [0.4, 0.5) is 11.4 Å². The summed E-state index contributed by atoms with van der Waals surface area (Å²) in [5.41, 5.74) is 0.764. The molecule has 2 atom stereocenters. The molecule has 166 valence electrons. The third kappa shape index (κ3) is 4.49. The molecular formula is C23H20Cl2N2O5. The molecule has 1 heterocycles. The van der Waals surface area contributed by atoms with E-state index < -0.39 is 18.5 Å². The van der Waals surface area contributed by atoms with Crippen LogP contribution in [0.3, 0.4) is 0 Å². The van der Waals surface area contributed by atoms with Crippen LogP contribution in [0.5, 0.6) is 0 Å². The van der Waals surface area contributed by atoms with Crippen molar-refractivity contribution in [3.63, 3.8) is 0 Å². The number of rotatable bonds is 5. The molecule has 2 aromatic carbocycles. The Balaban J connectivity index is 1.41. The molecule has 0 radical (unpaired) electrons. The van der Waals surface area contributed by atoms with Crippen molar-refractivity contribution in [2.45, 2.75) is 25.7 Å². The molecule has 9 heteroatoms. The number of imide groups is 1. The zero-order chi connectivity index (χ0) is 22.8. The maximum absolute atomic E-state index is 12.8. The van der Waals surface area contributed by atoms with Crippen LogP contribution in [0.25, 0.3) is 0 Å². The Labute approximate surface area is 194 Å². The van der Waals surface area contributed by atoms with Crippen LogP contribution in [0.15, 0.2) is 42.5 Å². The Kier molecular flexibility index (Phi) is 6.48. The van der Waals surface area contributed by atoms with Gasteiger partial charge in [-0.3, -0.25) is 19.3 Å². The number of hydrogen-bond donors (Lipinski definition) is 1. The fourth-order valence-electron chi connectivity index (χ4n) is 4.18. The minimum absolute atomic E-state index is 0.131. The molecule has 1 aliphatic heterocycles. The summed E-state index contributed by atoms with van der Waals surface area (Å²) in [5, 5.41) is 3.21. The third-order valence-corrected chi connectivity index (χ3v) is 6.28. The summed E-state index contributed by atoms with van der Waals surface area (Å²) in [5.74, 6) is -2.35. The molecule has 7 nitrogen and oxygen atoms in total. The van der Waals surface area contributed by atoms with Crippen LogP contribution in [0.2, 0.25) is 10.0 Å². The van der Waals surface area contributed by atoms with Gasteiger partial charge in [-0.05, 0) is 49.2 Å². The summed E-state index contributed by atoms with van der Waals surface area (Å²) in [4.78, 5) is 51.3. The van der Waals surface area contributed by atoms with E-state index >= 15 is 0 Å². The van der Waals surface area contributed by atoms with Crippen molar-refractivity contribution in [2.75, 3.05) is 16.8 Å². The molecular weight excluding hydrogens is 455 g/mol. The molecule has 3 amide bonds. The fourth-order valence-corrected chi connectivity index (χ4v) is 4.52. The van der Waals surface area contributed by atoms with Crippen LogP contribution in [-0.4, -0.2) is 30.3 Å². The molecule has 1 saturated heterocycles. The highest BCUT2D eigenvalue weighted by Crippen LogP contribution is 2.40. The average Bonchev–Trinajstić information content (AvgIpc) is 3.05. The summed E-state index contributed by atoms with van der Waals surface area (Å²) in [6.45, 7) is -0.544. The van der Waals surface area contributed by atoms with E-state index in [1.54, 1.807) is 18.2 Å². The minimum atomic E-state index is -0.754. The van der Waals surface area contributed by atoms with Crippen molar-refractivity contribution < 1.29 is 23.9 Å². The molecule has 0 unspecified atom stereocenters. The second kappa shape index (κ2) is 9.30. The summed E-state index contributed by atoms with van der Waals surface area (Å²) in [7, 11) is 0. The lowest BCUT2D eigenvalue weighted by atomic mass is 9.81. The minimum Gasteiger partial charge on any atom is -0.452 e. The molecule has 0 bridgehead atoms. The predicted octanol–water partition coefficient (Wildman–Crippen LogP) is 4.47. The highest BCUT2D eigenvalue weighted by molar-refractivity contribution is 6.35. The predicted molar refractivity (Wildman–Crippen MR) is 120 cm³/mol. The van der Waals surface area contributed by atoms with Crippen molar-refractivity contribution in [3.05, 3.63) is 58.1 Å². The van der Waals surface area contributed by atoms with Crippen LogP contribution in [-0.2, 0) is 19.1 Å². The molecule has 2 aromatic rings. The van der Waals surface area contributed by atoms with Crippen LogP contribution >= 0.6 is 23.2 Å². The molecule has 4 rings (SSSR count). The summed E-state index contributed by atoms with van der Waals surface area (Å²) >= 11 is 11.9. The smallest absolute Gasteiger partial charge is 0.338 e. The number of amides is 3. The van der Waals surface area contributed by atoms with Gasteiger partial charge in [0.2, 0.25) is 11.8 Å². The highest BCUT2D eigenvalue weighted by Gasteiger charge is 2.48. The van der Waals surface area contributed by atoms with Crippen LogP contribution in [0, 0.1) is 11.8 Å². The first-order chi connectivity index (χ1) is 15.3. The Morgan fingerprint density at radius 3 is 2.38 bits per heavy atom. The number of nitrogens with zero attached hydrogens (tertiary/aromatic N) is 1. The van der Waals surface area contributed by atoms with E-state index in [-0.39, 0.29) is 29.2 Å². The summed E-state index contributed by atoms with van der Waals surface area (Å²) in [6.07, 6.45) is 3.28. The van der Waals surface area contributed by atoms with Crippen molar-refractivity contribution in [3.8, 4) is 0 Å². The maximum atomic E-state index is 12.8. The summed E-state index contributed by atoms with van der Waals surface area (Å²) in [6, 6.07) is 10.7. The zero-order valence-electron chi connectivity index (χ0n) is 17.0. The molecule has 1 saturated carbocycles. The topological polar surface area (TPSA) is 92.8 Å². The van der Waals surface area contributed by atoms with E-state index in [1.807, 2.05) is 0 Å². The Hall–Kier alpha value is -2.90. The number of fused-ring (bicyclic) bond motifs is 1. The SMILES string of the molecule is O=C(COC(=O)c1cccc(N2C(=O)[C@@H]3CCCC[C@H]3C2=O)c1)Nc1cc(Cl)ccc1Cl. The first kappa shape index (κ1) is 22.3. The number of esters is 1. The zero-order valence-corrected chi connectivity index (χ0v) is 18.5. The number of anilines is 2. The van der Waals surface area contributed by atoms with Gasteiger partial charge in [-0.25, -0.2) is 4.79 Å². The lowest BCUT2D eigenvalue weighted by Crippen LogP contribution is -2.31. The standard InChI is InChI=1S/C23H20Cl2N2O5/c24-14-8-9-18(25)19(11-14)26-20(28)12-32-23(31)13-4-3-5-15(10-13)27-21(29)16-6-1-2-7-17(16)22(27)30/h3-5,8-11,16-17H,1-2,6-7,12H2,(H,26,28)/t16-,17-/m1/s1. The molecule has 0 aromatic heterocycles. The van der Waals surface area contributed by atoms with E-state index in [1.165, 1.54) is 29.2 Å². The molecule has 32 heavy (non-hydrogen) atoms. The Bertz CT molecular complexity index is 1080. The second-order valence-electron chi connectivity index (χ2n) is 7.81. The maximum Gasteiger partial charge on any atom is 0.338 e. The van der Waals surface area contributed by atoms with E-state index in [9.17, 15) is 19.2 Å². The van der Waals surface area contributed by atoms with Gasteiger partial charge in [0.25, 0.3) is 5.91 Å². The number of nitrogens with one attached hydrogen (secondary N) is 1. The van der Waals surface area contributed by atoms with Gasteiger partial charge >= 0.3 is 5.97 Å². The van der Waals surface area contributed by atoms with Gasteiger partial charge < -0.3 is 10.1 Å². The normalized spacial score (nSPS) is 20.1. The van der Waals surface area contributed by atoms with Gasteiger partial charge in [0, 0.05) is 5.02 Å². The lowest BCUT2D eigenvalue weighted by Gasteiger charge is -2.19. The van der Waals surface area contributed by atoms with Gasteiger partial charge in [-0.1, -0.05) is 42.1 Å². The van der Waals surface area contributed by atoms with E-state index in [0.717, 1.165) is 12.8 Å². The Morgan fingerprint density at radius 1 is 1.00 bits per heavy atom. The van der Waals surface area contributed by atoms with Crippen LogP contribution in [0.1, 0.15) is 36.0 Å². The van der Waals surface area contributed by atoms with E-state index in [2.05, 4.69) is 5.32 Å². The monoisotopic (exact) mass is 474 g/mol. The van der Waals surface area contributed by atoms with Crippen molar-refractivity contribution in [2.24, 2.45) is 11.8 Å². The molecule has 2 aliphatic rings. The molecule has 0 spiro atoms. The molecule has 1 aliphatic carbocycles. The van der Waals surface area contributed by atoms with Gasteiger partial charge in [-0.15, -0.1) is 0 Å². The number of carbonyl (C=O) groups is 4.